The highest BCUT2D eigenvalue weighted by molar-refractivity contribution is 5.80. The molecule has 0 saturated carbocycles. The number of rotatable bonds is 7. The van der Waals surface area contributed by atoms with Crippen molar-refractivity contribution in [3.63, 3.8) is 0 Å². The number of benzene rings is 1. The molecule has 1 aliphatic rings. The zero-order valence-corrected chi connectivity index (χ0v) is 23.1. The van der Waals surface area contributed by atoms with Gasteiger partial charge in [0.2, 0.25) is 5.95 Å². The lowest BCUT2D eigenvalue weighted by molar-refractivity contribution is 0.0577. The minimum absolute atomic E-state index is 0.357. The molecule has 0 bridgehead atoms. The van der Waals surface area contributed by atoms with Gasteiger partial charge >= 0.3 is 0 Å². The van der Waals surface area contributed by atoms with Gasteiger partial charge in [0.25, 0.3) is 0 Å². The lowest BCUT2D eigenvalue weighted by atomic mass is 9.90. The molecule has 4 aromatic heterocycles. The first kappa shape index (κ1) is 26.7. The number of aliphatic hydroxyl groups is 2. The lowest BCUT2D eigenvalue weighted by Gasteiger charge is -2.28. The Morgan fingerprint density at radius 1 is 0.902 bits per heavy atom. The Kier molecular flexibility index (Phi) is 6.63. The average Bonchev–Trinajstić information content (AvgIpc) is 3.59. The summed E-state index contributed by atoms with van der Waals surface area (Å²) in [6, 6.07) is 7.82. The normalized spacial score (nSPS) is 15.7. The van der Waals surface area contributed by atoms with Gasteiger partial charge in [0.05, 0.1) is 29.6 Å². The molecule has 11 heteroatoms. The van der Waals surface area contributed by atoms with Crippen LogP contribution in [0, 0.1) is 5.82 Å². The predicted octanol–water partition coefficient (Wildman–Crippen LogP) is 3.84. The maximum atomic E-state index is 13.3. The van der Waals surface area contributed by atoms with Crippen LogP contribution in [0.25, 0.3) is 22.2 Å². The van der Waals surface area contributed by atoms with Crippen LogP contribution in [-0.4, -0.2) is 63.3 Å². The topological polar surface area (TPSA) is 117 Å². The Labute approximate surface area is 236 Å². The van der Waals surface area contributed by atoms with E-state index in [9.17, 15) is 14.6 Å². The molecule has 0 spiro atoms. The van der Waals surface area contributed by atoms with E-state index in [1.165, 1.54) is 12.1 Å². The summed E-state index contributed by atoms with van der Waals surface area (Å²) < 4.78 is 16.9. The van der Waals surface area contributed by atoms with Crippen LogP contribution >= 0.6 is 0 Å². The number of halogens is 1. The smallest absolute Gasteiger partial charge is 0.225 e. The Bertz CT molecular complexity index is 1720. The van der Waals surface area contributed by atoms with Gasteiger partial charge in [0.15, 0.2) is 0 Å². The van der Waals surface area contributed by atoms with Gasteiger partial charge in [-0.25, -0.2) is 23.9 Å². The highest BCUT2D eigenvalue weighted by Gasteiger charge is 2.27. The summed E-state index contributed by atoms with van der Waals surface area (Å²) in [5.74, 6) is 0.212. The fourth-order valence-corrected chi connectivity index (χ4v) is 5.07. The molecule has 41 heavy (non-hydrogen) atoms. The van der Waals surface area contributed by atoms with E-state index in [2.05, 4.69) is 42.2 Å². The number of nitrogens with zero attached hydrogens (tertiary/aromatic N) is 8. The predicted molar refractivity (Wildman–Crippen MR) is 152 cm³/mol. The summed E-state index contributed by atoms with van der Waals surface area (Å²) >= 11 is 0. The van der Waals surface area contributed by atoms with Crippen LogP contribution in [0.2, 0.25) is 0 Å². The molecular formula is C30H31FN8O2. The number of aromatic nitrogens is 7. The summed E-state index contributed by atoms with van der Waals surface area (Å²) in [5.41, 5.74) is 3.70. The molecule has 1 aliphatic heterocycles. The Morgan fingerprint density at radius 3 is 2.34 bits per heavy atom. The van der Waals surface area contributed by atoms with Crippen molar-refractivity contribution in [2.75, 3.05) is 18.0 Å². The number of hydrogen-bond donors (Lipinski definition) is 2. The first-order valence-corrected chi connectivity index (χ1v) is 13.4. The largest absolute Gasteiger partial charge is 0.389 e. The average molecular weight is 555 g/mol. The molecule has 5 heterocycles. The van der Waals surface area contributed by atoms with E-state index in [0.717, 1.165) is 34.3 Å². The fourth-order valence-electron chi connectivity index (χ4n) is 5.07. The number of anilines is 1. The summed E-state index contributed by atoms with van der Waals surface area (Å²) in [5, 5.41) is 30.0. The van der Waals surface area contributed by atoms with Crippen molar-refractivity contribution in [2.45, 2.75) is 44.9 Å². The van der Waals surface area contributed by atoms with Crippen LogP contribution in [0.5, 0.6) is 0 Å². The Balaban J connectivity index is 1.19. The van der Waals surface area contributed by atoms with Gasteiger partial charge in [-0.15, -0.1) is 0 Å². The fraction of sp³-hybridized carbons (Fsp3) is 0.300. The summed E-state index contributed by atoms with van der Waals surface area (Å²) in [6.45, 7) is 6.86. The summed E-state index contributed by atoms with van der Waals surface area (Å²) in [7, 11) is 0. The highest BCUT2D eigenvalue weighted by atomic mass is 19.1. The van der Waals surface area contributed by atoms with Crippen LogP contribution in [0.15, 0.2) is 73.7 Å². The van der Waals surface area contributed by atoms with E-state index >= 15 is 0 Å². The zero-order valence-electron chi connectivity index (χ0n) is 23.1. The molecule has 1 atom stereocenters. The molecule has 0 aliphatic carbocycles. The minimum Gasteiger partial charge on any atom is -0.389 e. The third kappa shape index (κ3) is 5.46. The van der Waals surface area contributed by atoms with E-state index in [0.29, 0.717) is 36.7 Å². The van der Waals surface area contributed by atoms with Gasteiger partial charge in [-0.2, -0.15) is 10.2 Å². The first-order chi connectivity index (χ1) is 19.6. The second-order valence-electron chi connectivity index (χ2n) is 11.2. The van der Waals surface area contributed by atoms with Crippen LogP contribution < -0.4 is 4.90 Å². The summed E-state index contributed by atoms with van der Waals surface area (Å²) in [4.78, 5) is 15.7. The molecule has 2 N–H and O–H groups in total. The third-order valence-electron chi connectivity index (χ3n) is 7.32. The third-order valence-corrected chi connectivity index (χ3v) is 7.32. The lowest BCUT2D eigenvalue weighted by Crippen LogP contribution is -2.30. The van der Waals surface area contributed by atoms with Crippen molar-refractivity contribution >= 4 is 17.0 Å². The standard InChI is InChI=1S/C30H31FN8O2/c1-29(2,40)18-38-16-22(13-35-38)21-12-26-27(34-19-36-39(26)17-21)20-8-10-37(11-9-20)28-32-14-24(15-33-28)30(3,41)23-4-6-25(31)7-5-23/h4-8,12-17,19,40-41H,9-11,18H2,1-3H3. The van der Waals surface area contributed by atoms with E-state index in [-0.39, 0.29) is 5.82 Å². The molecule has 1 unspecified atom stereocenters. The van der Waals surface area contributed by atoms with Crippen molar-refractivity contribution < 1.29 is 14.6 Å². The van der Waals surface area contributed by atoms with Crippen molar-refractivity contribution in [1.29, 1.82) is 0 Å². The molecule has 6 rings (SSSR count). The Morgan fingerprint density at radius 2 is 1.66 bits per heavy atom. The number of hydrogen-bond acceptors (Lipinski definition) is 8. The van der Waals surface area contributed by atoms with Gasteiger partial charge in [-0.05, 0) is 56.5 Å². The van der Waals surface area contributed by atoms with E-state index < -0.39 is 11.2 Å². The quantitative estimate of drug-likeness (QED) is 0.312. The van der Waals surface area contributed by atoms with Crippen LogP contribution in [0.3, 0.4) is 0 Å². The van der Waals surface area contributed by atoms with Crippen molar-refractivity contribution in [3.05, 3.63) is 96.4 Å². The molecule has 10 nitrogen and oxygen atoms in total. The molecule has 210 valence electrons. The van der Waals surface area contributed by atoms with Gasteiger partial charge in [-0.1, -0.05) is 18.2 Å². The van der Waals surface area contributed by atoms with Crippen molar-refractivity contribution in [3.8, 4) is 11.1 Å². The van der Waals surface area contributed by atoms with Gasteiger partial charge < -0.3 is 15.1 Å². The molecule has 0 saturated heterocycles. The summed E-state index contributed by atoms with van der Waals surface area (Å²) in [6.07, 6.45) is 13.3. The monoisotopic (exact) mass is 554 g/mol. The molecule has 1 aromatic carbocycles. The van der Waals surface area contributed by atoms with Gasteiger partial charge in [0.1, 0.15) is 17.7 Å². The minimum atomic E-state index is -1.34. The van der Waals surface area contributed by atoms with Gasteiger partial charge in [-0.3, -0.25) is 4.68 Å². The zero-order chi connectivity index (χ0) is 28.8. The van der Waals surface area contributed by atoms with E-state index in [1.54, 1.807) is 62.5 Å². The molecule has 0 fully saturated rings. The van der Waals surface area contributed by atoms with Crippen molar-refractivity contribution in [1.82, 2.24) is 34.3 Å². The van der Waals surface area contributed by atoms with E-state index in [4.69, 9.17) is 0 Å². The van der Waals surface area contributed by atoms with Gasteiger partial charge in [0, 0.05) is 54.6 Å². The molecule has 0 amide bonds. The van der Waals surface area contributed by atoms with Crippen molar-refractivity contribution in [2.24, 2.45) is 0 Å². The number of fused-ring (bicyclic) bond motifs is 1. The van der Waals surface area contributed by atoms with Crippen LogP contribution in [0.4, 0.5) is 10.3 Å². The maximum absolute atomic E-state index is 13.3. The second-order valence-corrected chi connectivity index (χ2v) is 11.2. The molecule has 5 aromatic rings. The molecule has 0 radical (unpaired) electrons. The maximum Gasteiger partial charge on any atom is 0.225 e. The van der Waals surface area contributed by atoms with Crippen LogP contribution in [-0.2, 0) is 12.1 Å². The SMILES string of the molecule is CC(C)(O)Cn1cc(-c2cc3c(C4=CCN(c5ncc(C(C)(O)c6ccc(F)cc6)cn5)CC4)ncnn3c2)cn1. The first-order valence-electron chi connectivity index (χ1n) is 13.4. The Hall–Kier alpha value is -4.48. The molecular weight excluding hydrogens is 523 g/mol. The highest BCUT2D eigenvalue weighted by Crippen LogP contribution is 2.31. The second kappa shape index (κ2) is 10.2. The van der Waals surface area contributed by atoms with Crippen LogP contribution in [0.1, 0.15) is 44.0 Å². The van der Waals surface area contributed by atoms with E-state index in [1.807, 2.05) is 16.9 Å².